The van der Waals surface area contributed by atoms with Gasteiger partial charge in [-0.15, -0.1) is 0 Å². The Morgan fingerprint density at radius 3 is 2.57 bits per heavy atom. The molecule has 2 amide bonds. The third kappa shape index (κ3) is 2.91. The molecule has 1 aromatic carbocycles. The van der Waals surface area contributed by atoms with Gasteiger partial charge in [-0.2, -0.15) is 0 Å². The molecule has 1 aliphatic heterocycles. The lowest BCUT2D eigenvalue weighted by Gasteiger charge is -2.38. The van der Waals surface area contributed by atoms with Gasteiger partial charge in [-0.05, 0) is 43.5 Å². The average molecular weight is 292 g/mol. The molecule has 2 atom stereocenters. The molecule has 2 unspecified atom stereocenters. The van der Waals surface area contributed by atoms with Crippen molar-refractivity contribution in [1.29, 1.82) is 0 Å². The maximum atomic E-state index is 13.4. The predicted octanol–water partition coefficient (Wildman–Crippen LogP) is 2.54. The SMILES string of the molecule is CCCC1NC(=O)C(CC)N(c2ccc(F)c(C)c2)C1=O. The van der Waals surface area contributed by atoms with Gasteiger partial charge in [0.25, 0.3) is 0 Å². The van der Waals surface area contributed by atoms with Crippen molar-refractivity contribution < 1.29 is 14.0 Å². The molecule has 0 saturated carbocycles. The van der Waals surface area contributed by atoms with Crippen molar-refractivity contribution in [2.45, 2.75) is 52.1 Å². The lowest BCUT2D eigenvalue weighted by Crippen LogP contribution is -2.63. The smallest absolute Gasteiger partial charge is 0.250 e. The number of rotatable bonds is 4. The number of benzene rings is 1. The molecule has 1 aliphatic rings. The fourth-order valence-corrected chi connectivity index (χ4v) is 2.71. The quantitative estimate of drug-likeness (QED) is 0.927. The summed E-state index contributed by atoms with van der Waals surface area (Å²) >= 11 is 0. The third-order valence-electron chi connectivity index (χ3n) is 3.85. The Kier molecular flexibility index (Phi) is 4.60. The summed E-state index contributed by atoms with van der Waals surface area (Å²) in [6.07, 6.45) is 1.94. The highest BCUT2D eigenvalue weighted by Gasteiger charge is 2.39. The van der Waals surface area contributed by atoms with E-state index >= 15 is 0 Å². The van der Waals surface area contributed by atoms with Crippen LogP contribution in [0, 0.1) is 12.7 Å². The van der Waals surface area contributed by atoms with Crippen LogP contribution in [0.4, 0.5) is 10.1 Å². The number of halogens is 1. The van der Waals surface area contributed by atoms with Gasteiger partial charge in [0.05, 0.1) is 0 Å². The molecule has 5 heteroatoms. The van der Waals surface area contributed by atoms with E-state index in [1.165, 1.54) is 11.0 Å². The van der Waals surface area contributed by atoms with Crippen LogP contribution >= 0.6 is 0 Å². The van der Waals surface area contributed by atoms with Gasteiger partial charge in [0, 0.05) is 5.69 Å². The van der Waals surface area contributed by atoms with Crippen molar-refractivity contribution in [3.63, 3.8) is 0 Å². The molecule has 0 bridgehead atoms. The van der Waals surface area contributed by atoms with Gasteiger partial charge in [-0.1, -0.05) is 20.3 Å². The molecule has 114 valence electrons. The Bertz CT molecular complexity index is 559. The second kappa shape index (κ2) is 6.24. The average Bonchev–Trinajstić information content (AvgIpc) is 2.45. The van der Waals surface area contributed by atoms with Gasteiger partial charge in [-0.3, -0.25) is 14.5 Å². The van der Waals surface area contributed by atoms with Gasteiger partial charge < -0.3 is 5.32 Å². The first-order valence-corrected chi connectivity index (χ1v) is 7.39. The number of nitrogens with one attached hydrogen (secondary N) is 1. The minimum absolute atomic E-state index is 0.116. The highest BCUT2D eigenvalue weighted by molar-refractivity contribution is 6.08. The van der Waals surface area contributed by atoms with Crippen molar-refractivity contribution >= 4 is 17.5 Å². The summed E-state index contributed by atoms with van der Waals surface area (Å²) in [7, 11) is 0. The van der Waals surface area contributed by atoms with E-state index in [1.54, 1.807) is 19.1 Å². The Balaban J connectivity index is 2.41. The molecular weight excluding hydrogens is 271 g/mol. The van der Waals surface area contributed by atoms with Gasteiger partial charge in [0.1, 0.15) is 17.9 Å². The highest BCUT2D eigenvalue weighted by atomic mass is 19.1. The van der Waals surface area contributed by atoms with E-state index in [0.29, 0.717) is 24.1 Å². The molecule has 0 aliphatic carbocycles. The number of hydrogen-bond acceptors (Lipinski definition) is 2. The van der Waals surface area contributed by atoms with Crippen molar-refractivity contribution in [3.8, 4) is 0 Å². The molecular formula is C16H21FN2O2. The van der Waals surface area contributed by atoms with Crippen molar-refractivity contribution in [2.75, 3.05) is 4.90 Å². The Hall–Kier alpha value is -1.91. The number of anilines is 1. The van der Waals surface area contributed by atoms with Crippen LogP contribution in [-0.4, -0.2) is 23.9 Å². The molecule has 0 aromatic heterocycles. The Morgan fingerprint density at radius 1 is 1.29 bits per heavy atom. The van der Waals surface area contributed by atoms with E-state index in [9.17, 15) is 14.0 Å². The first kappa shape index (κ1) is 15.5. The number of carbonyl (C=O) groups is 2. The summed E-state index contributed by atoms with van der Waals surface area (Å²) in [4.78, 5) is 26.4. The highest BCUT2D eigenvalue weighted by Crippen LogP contribution is 2.26. The fraction of sp³-hybridized carbons (Fsp3) is 0.500. The van der Waals surface area contributed by atoms with Gasteiger partial charge >= 0.3 is 0 Å². The van der Waals surface area contributed by atoms with Crippen LogP contribution in [0.3, 0.4) is 0 Å². The van der Waals surface area contributed by atoms with E-state index in [-0.39, 0.29) is 17.6 Å². The van der Waals surface area contributed by atoms with Crippen LogP contribution in [0.25, 0.3) is 0 Å². The van der Waals surface area contributed by atoms with E-state index in [1.807, 2.05) is 13.8 Å². The Labute approximate surface area is 124 Å². The van der Waals surface area contributed by atoms with Crippen LogP contribution in [0.5, 0.6) is 0 Å². The van der Waals surface area contributed by atoms with Crippen LogP contribution in [0.1, 0.15) is 38.7 Å². The summed E-state index contributed by atoms with van der Waals surface area (Å²) in [5, 5.41) is 2.79. The maximum Gasteiger partial charge on any atom is 0.250 e. The van der Waals surface area contributed by atoms with Crippen molar-refractivity contribution in [3.05, 3.63) is 29.6 Å². The van der Waals surface area contributed by atoms with Gasteiger partial charge in [0.2, 0.25) is 11.8 Å². The first-order chi connectivity index (χ1) is 9.99. The normalized spacial score (nSPS) is 22.4. The second-order valence-electron chi connectivity index (χ2n) is 5.42. The molecule has 1 fully saturated rings. The lowest BCUT2D eigenvalue weighted by atomic mass is 10.0. The number of carbonyl (C=O) groups excluding carboxylic acids is 2. The van der Waals surface area contributed by atoms with E-state index in [2.05, 4.69) is 5.32 Å². The topological polar surface area (TPSA) is 49.4 Å². The van der Waals surface area contributed by atoms with Crippen LogP contribution < -0.4 is 10.2 Å². The Morgan fingerprint density at radius 2 is 2.00 bits per heavy atom. The summed E-state index contributed by atoms with van der Waals surface area (Å²) in [6.45, 7) is 5.48. The number of piperazine rings is 1. The summed E-state index contributed by atoms with van der Waals surface area (Å²) in [5.41, 5.74) is 1.05. The van der Waals surface area contributed by atoms with E-state index in [0.717, 1.165) is 6.42 Å². The number of nitrogens with zero attached hydrogens (tertiary/aromatic N) is 1. The van der Waals surface area contributed by atoms with Crippen molar-refractivity contribution in [2.24, 2.45) is 0 Å². The van der Waals surface area contributed by atoms with E-state index < -0.39 is 12.1 Å². The molecule has 0 radical (unpaired) electrons. The standard InChI is InChI=1S/C16H21FN2O2/c1-4-6-13-16(21)19(14(5-2)15(20)18-13)11-7-8-12(17)10(3)9-11/h7-9,13-14H,4-6H2,1-3H3,(H,18,20). The minimum atomic E-state index is -0.532. The zero-order chi connectivity index (χ0) is 15.6. The van der Waals surface area contributed by atoms with Gasteiger partial charge in [0.15, 0.2) is 0 Å². The zero-order valence-electron chi connectivity index (χ0n) is 12.6. The largest absolute Gasteiger partial charge is 0.342 e. The molecule has 1 saturated heterocycles. The van der Waals surface area contributed by atoms with Crippen LogP contribution in [-0.2, 0) is 9.59 Å². The molecule has 1 aromatic rings. The summed E-state index contributed by atoms with van der Waals surface area (Å²) in [5.74, 6) is -0.572. The molecule has 1 N–H and O–H groups in total. The lowest BCUT2D eigenvalue weighted by molar-refractivity contribution is -0.134. The van der Waals surface area contributed by atoms with Gasteiger partial charge in [-0.25, -0.2) is 4.39 Å². The second-order valence-corrected chi connectivity index (χ2v) is 5.42. The molecule has 2 rings (SSSR count). The van der Waals surface area contributed by atoms with Crippen LogP contribution in [0.15, 0.2) is 18.2 Å². The summed E-state index contributed by atoms with van der Waals surface area (Å²) in [6, 6.07) is 3.50. The van der Waals surface area contributed by atoms with Crippen LogP contribution in [0.2, 0.25) is 0 Å². The number of amides is 2. The molecule has 21 heavy (non-hydrogen) atoms. The predicted molar refractivity (Wildman–Crippen MR) is 79.5 cm³/mol. The van der Waals surface area contributed by atoms with Crippen molar-refractivity contribution in [1.82, 2.24) is 5.32 Å². The van der Waals surface area contributed by atoms with E-state index in [4.69, 9.17) is 0 Å². The minimum Gasteiger partial charge on any atom is -0.342 e. The number of aryl methyl sites for hydroxylation is 1. The molecule has 4 nitrogen and oxygen atoms in total. The maximum absolute atomic E-state index is 13.4. The zero-order valence-corrected chi connectivity index (χ0v) is 12.6. The number of hydrogen-bond donors (Lipinski definition) is 1. The first-order valence-electron chi connectivity index (χ1n) is 7.39. The molecule has 0 spiro atoms. The third-order valence-corrected chi connectivity index (χ3v) is 3.85. The fourth-order valence-electron chi connectivity index (χ4n) is 2.71. The monoisotopic (exact) mass is 292 g/mol. The summed E-state index contributed by atoms with van der Waals surface area (Å²) < 4.78 is 13.4. The molecule has 1 heterocycles.